The molecule has 0 aliphatic rings. The number of carbonyl (C=O) groups is 2. The van der Waals surface area contributed by atoms with Crippen molar-refractivity contribution in [2.24, 2.45) is 0 Å². The second-order valence-corrected chi connectivity index (χ2v) is 8.12. The largest absolute Gasteiger partial charge is 0.355 e. The fraction of sp³-hybridized carbons (Fsp3) is 0.250. The first kappa shape index (κ1) is 23.3. The van der Waals surface area contributed by atoms with Gasteiger partial charge in [0.2, 0.25) is 5.91 Å². The summed E-state index contributed by atoms with van der Waals surface area (Å²) in [6.07, 6.45) is 2.52. The minimum Gasteiger partial charge on any atom is -0.355 e. The quantitative estimate of drug-likeness (QED) is 0.346. The molecule has 2 aromatic carbocycles. The van der Waals surface area contributed by atoms with E-state index in [0.717, 1.165) is 6.42 Å². The molecule has 2 amide bonds. The molecule has 3 rings (SSSR count). The van der Waals surface area contributed by atoms with Gasteiger partial charge in [-0.2, -0.15) is 0 Å². The Morgan fingerprint density at radius 3 is 2.47 bits per heavy atom. The molecule has 0 saturated heterocycles. The zero-order valence-corrected chi connectivity index (χ0v) is 18.8. The molecule has 0 unspecified atom stereocenters. The van der Waals surface area contributed by atoms with Crippen LogP contribution in [0.4, 0.5) is 0 Å². The lowest BCUT2D eigenvalue weighted by Crippen LogP contribution is -2.29. The second kappa shape index (κ2) is 11.9. The van der Waals surface area contributed by atoms with Gasteiger partial charge < -0.3 is 15.2 Å². The first-order valence-electron chi connectivity index (χ1n) is 10.4. The lowest BCUT2D eigenvalue weighted by molar-refractivity contribution is -0.118. The third-order valence-electron chi connectivity index (χ3n) is 4.74. The van der Waals surface area contributed by atoms with Crippen molar-refractivity contribution < 1.29 is 9.59 Å². The highest BCUT2D eigenvalue weighted by atomic mass is 32.2. The van der Waals surface area contributed by atoms with Gasteiger partial charge in [-0.3, -0.25) is 9.59 Å². The summed E-state index contributed by atoms with van der Waals surface area (Å²) in [6.45, 7) is 6.71. The zero-order chi connectivity index (χ0) is 22.8. The molecular weight excluding hydrogens is 422 g/mol. The molecule has 0 bridgehead atoms. The Kier molecular flexibility index (Phi) is 8.62. The smallest absolute Gasteiger partial charge is 0.251 e. The molecule has 0 fully saturated rings. The van der Waals surface area contributed by atoms with Crippen molar-refractivity contribution in [2.45, 2.75) is 31.1 Å². The average Bonchev–Trinajstić information content (AvgIpc) is 3.22. The lowest BCUT2D eigenvalue weighted by atomic mass is 10.1. The van der Waals surface area contributed by atoms with E-state index in [1.807, 2.05) is 60.0 Å². The van der Waals surface area contributed by atoms with Crippen molar-refractivity contribution in [2.75, 3.05) is 12.3 Å². The van der Waals surface area contributed by atoms with Crippen LogP contribution in [0, 0.1) is 0 Å². The highest BCUT2D eigenvalue weighted by Crippen LogP contribution is 2.21. The standard InChI is InChI=1S/C24H27N5O2S/c1-3-16-29-22(18(2)26-23(31)20-12-8-5-9-13-20)27-28-24(29)32-17-21(30)25-15-14-19-10-6-4-7-11-19/h3-13,18H,1,14-17H2,2H3,(H,25,30)(H,26,31)/t18-/m1/s1. The number of aromatic nitrogens is 3. The summed E-state index contributed by atoms with van der Waals surface area (Å²) in [6, 6.07) is 18.7. The monoisotopic (exact) mass is 449 g/mol. The first-order chi connectivity index (χ1) is 15.6. The van der Waals surface area contributed by atoms with Gasteiger partial charge in [0.25, 0.3) is 5.91 Å². The summed E-state index contributed by atoms with van der Waals surface area (Å²) >= 11 is 1.31. The molecule has 0 spiro atoms. The number of carbonyl (C=O) groups excluding carboxylic acids is 2. The van der Waals surface area contributed by atoms with Crippen LogP contribution in [0.1, 0.15) is 34.7 Å². The molecule has 1 heterocycles. The number of hydrogen-bond acceptors (Lipinski definition) is 5. The van der Waals surface area contributed by atoms with Crippen LogP contribution in [0.3, 0.4) is 0 Å². The van der Waals surface area contributed by atoms with Gasteiger partial charge in [0.05, 0.1) is 11.8 Å². The number of nitrogens with one attached hydrogen (secondary N) is 2. The number of nitrogens with zero attached hydrogens (tertiary/aromatic N) is 3. The van der Waals surface area contributed by atoms with Gasteiger partial charge >= 0.3 is 0 Å². The van der Waals surface area contributed by atoms with Crippen molar-refractivity contribution >= 4 is 23.6 Å². The first-order valence-corrected chi connectivity index (χ1v) is 11.4. The van der Waals surface area contributed by atoms with E-state index in [1.165, 1.54) is 17.3 Å². The highest BCUT2D eigenvalue weighted by molar-refractivity contribution is 7.99. The van der Waals surface area contributed by atoms with Crippen molar-refractivity contribution in [3.63, 3.8) is 0 Å². The van der Waals surface area contributed by atoms with Crippen LogP contribution in [0.2, 0.25) is 0 Å². The molecule has 8 heteroatoms. The van der Waals surface area contributed by atoms with E-state index in [0.29, 0.717) is 29.6 Å². The Morgan fingerprint density at radius 2 is 1.78 bits per heavy atom. The predicted molar refractivity (Wildman–Crippen MR) is 126 cm³/mol. The van der Waals surface area contributed by atoms with Gasteiger partial charge in [-0.1, -0.05) is 66.4 Å². The Labute approximate surface area is 192 Å². The third kappa shape index (κ3) is 6.55. The summed E-state index contributed by atoms with van der Waals surface area (Å²) < 4.78 is 1.87. The molecule has 1 atom stereocenters. The van der Waals surface area contributed by atoms with Gasteiger partial charge in [0.15, 0.2) is 11.0 Å². The van der Waals surface area contributed by atoms with Crippen LogP contribution in [-0.4, -0.2) is 38.9 Å². The number of hydrogen-bond donors (Lipinski definition) is 2. The topological polar surface area (TPSA) is 88.9 Å². The molecule has 0 radical (unpaired) electrons. The lowest BCUT2D eigenvalue weighted by Gasteiger charge is -2.15. The van der Waals surface area contributed by atoms with Crippen LogP contribution in [0.25, 0.3) is 0 Å². The maximum atomic E-state index is 12.5. The molecular formula is C24H27N5O2S. The number of rotatable bonds is 11. The van der Waals surface area contributed by atoms with E-state index >= 15 is 0 Å². The molecule has 32 heavy (non-hydrogen) atoms. The maximum Gasteiger partial charge on any atom is 0.251 e. The fourth-order valence-electron chi connectivity index (χ4n) is 3.13. The third-order valence-corrected chi connectivity index (χ3v) is 5.71. The minimum absolute atomic E-state index is 0.0638. The predicted octanol–water partition coefficient (Wildman–Crippen LogP) is 3.41. The van der Waals surface area contributed by atoms with Gasteiger partial charge in [-0.25, -0.2) is 0 Å². The normalized spacial score (nSPS) is 11.5. The second-order valence-electron chi connectivity index (χ2n) is 7.18. The molecule has 7 nitrogen and oxygen atoms in total. The van der Waals surface area contributed by atoms with E-state index in [-0.39, 0.29) is 23.6 Å². The summed E-state index contributed by atoms with van der Waals surface area (Å²) in [4.78, 5) is 24.7. The Balaban J connectivity index is 1.55. The Bertz CT molecular complexity index is 1040. The fourth-order valence-corrected chi connectivity index (χ4v) is 3.92. The molecule has 0 aliphatic heterocycles. The van der Waals surface area contributed by atoms with Crippen molar-refractivity contribution in [3.8, 4) is 0 Å². The van der Waals surface area contributed by atoms with E-state index in [9.17, 15) is 9.59 Å². The summed E-state index contributed by atoms with van der Waals surface area (Å²) in [5.41, 5.74) is 1.76. The molecule has 166 valence electrons. The molecule has 3 aromatic rings. The van der Waals surface area contributed by atoms with Crippen molar-refractivity contribution in [1.29, 1.82) is 0 Å². The summed E-state index contributed by atoms with van der Waals surface area (Å²) in [7, 11) is 0. The minimum atomic E-state index is -0.357. The average molecular weight is 450 g/mol. The molecule has 2 N–H and O–H groups in total. The Morgan fingerprint density at radius 1 is 1.09 bits per heavy atom. The van der Waals surface area contributed by atoms with Gasteiger partial charge in [0, 0.05) is 18.7 Å². The number of allylic oxidation sites excluding steroid dienone is 1. The van der Waals surface area contributed by atoms with Crippen LogP contribution in [-0.2, 0) is 17.8 Å². The van der Waals surface area contributed by atoms with Crippen LogP contribution in [0.5, 0.6) is 0 Å². The highest BCUT2D eigenvalue weighted by Gasteiger charge is 2.20. The molecule has 0 aliphatic carbocycles. The summed E-state index contributed by atoms with van der Waals surface area (Å²) in [5, 5.41) is 15.0. The van der Waals surface area contributed by atoms with Crippen molar-refractivity contribution in [3.05, 3.63) is 90.3 Å². The van der Waals surface area contributed by atoms with Gasteiger partial charge in [0.1, 0.15) is 0 Å². The zero-order valence-electron chi connectivity index (χ0n) is 18.0. The van der Waals surface area contributed by atoms with E-state index in [1.54, 1.807) is 18.2 Å². The van der Waals surface area contributed by atoms with Gasteiger partial charge in [-0.05, 0) is 31.0 Å². The molecule has 1 aromatic heterocycles. The van der Waals surface area contributed by atoms with Crippen LogP contribution >= 0.6 is 11.8 Å². The van der Waals surface area contributed by atoms with Gasteiger partial charge in [-0.15, -0.1) is 16.8 Å². The SMILES string of the molecule is C=CCn1c(SCC(=O)NCCc2ccccc2)nnc1[C@@H](C)NC(=O)c1ccccc1. The van der Waals surface area contributed by atoms with E-state index in [4.69, 9.17) is 0 Å². The van der Waals surface area contributed by atoms with E-state index in [2.05, 4.69) is 27.4 Å². The number of thioether (sulfide) groups is 1. The van der Waals surface area contributed by atoms with Crippen molar-refractivity contribution in [1.82, 2.24) is 25.4 Å². The Hall–Kier alpha value is -3.39. The number of amides is 2. The van der Waals surface area contributed by atoms with E-state index < -0.39 is 0 Å². The number of benzene rings is 2. The van der Waals surface area contributed by atoms with Crippen LogP contribution < -0.4 is 10.6 Å². The van der Waals surface area contributed by atoms with Crippen LogP contribution in [0.15, 0.2) is 78.5 Å². The molecule has 0 saturated carbocycles. The summed E-state index contributed by atoms with van der Waals surface area (Å²) in [5.74, 6) is 0.597. The maximum absolute atomic E-state index is 12.5.